The quantitative estimate of drug-likeness (QED) is 0.183. The molecule has 2 aromatic rings. The molecule has 0 amide bonds. The second kappa shape index (κ2) is 14.4. The zero-order valence-corrected chi connectivity index (χ0v) is 23.2. The van der Waals surface area contributed by atoms with Crippen molar-refractivity contribution in [3.8, 4) is 11.5 Å². The first kappa shape index (κ1) is 29.7. The lowest BCUT2D eigenvalue weighted by Gasteiger charge is -2.32. The zero-order chi connectivity index (χ0) is 27.7. The van der Waals surface area contributed by atoms with Crippen LogP contribution < -0.4 is 9.47 Å². The Balaban J connectivity index is 1.18. The summed E-state index contributed by atoms with van der Waals surface area (Å²) in [5.74, 6) is 2.89. The van der Waals surface area contributed by atoms with Crippen LogP contribution in [0, 0.1) is 17.8 Å². The van der Waals surface area contributed by atoms with Crippen LogP contribution in [0.1, 0.15) is 114 Å². The number of hydrogen-bond donors (Lipinski definition) is 0. The largest absolute Gasteiger partial charge is 0.435 e. The van der Waals surface area contributed by atoms with Crippen molar-refractivity contribution in [2.75, 3.05) is 0 Å². The Kier molecular flexibility index (Phi) is 11.0. The predicted octanol–water partition coefficient (Wildman–Crippen LogP) is 10.9. The van der Waals surface area contributed by atoms with Gasteiger partial charge in [-0.2, -0.15) is 17.6 Å². The molecule has 2 aromatic carbocycles. The van der Waals surface area contributed by atoms with E-state index in [1.54, 1.807) is 12.1 Å². The Morgan fingerprint density at radius 3 is 1.74 bits per heavy atom. The van der Waals surface area contributed by atoms with Crippen molar-refractivity contribution in [3.05, 3.63) is 59.7 Å². The van der Waals surface area contributed by atoms with Crippen LogP contribution in [0.2, 0.25) is 0 Å². The Morgan fingerprint density at radius 1 is 0.692 bits per heavy atom. The first-order valence-corrected chi connectivity index (χ1v) is 15.0. The fourth-order valence-electron chi connectivity index (χ4n) is 6.59. The molecule has 0 aromatic heterocycles. The first-order valence-electron chi connectivity index (χ1n) is 15.0. The standard InChI is InChI=1S/C33H44F4O2/c1-2-3-4-5-24-6-8-25(9-7-24)10-11-26-12-14-27(15-13-26)28-16-18-29(19-17-28)33(36,37)39-31-22-20-30(21-23-31)38-32(34)35/h16-27,32H,2-15H2,1H3. The average Bonchev–Trinajstić information content (AvgIpc) is 2.94. The summed E-state index contributed by atoms with van der Waals surface area (Å²) in [6.45, 7) is -0.690. The van der Waals surface area contributed by atoms with Gasteiger partial charge in [0.1, 0.15) is 11.5 Å². The third kappa shape index (κ3) is 9.14. The second-order valence-electron chi connectivity index (χ2n) is 11.8. The smallest absolute Gasteiger partial charge is 0.426 e. The van der Waals surface area contributed by atoms with Gasteiger partial charge in [-0.3, -0.25) is 0 Å². The van der Waals surface area contributed by atoms with Gasteiger partial charge in [0.25, 0.3) is 0 Å². The van der Waals surface area contributed by atoms with Crippen LogP contribution in [0.15, 0.2) is 48.5 Å². The zero-order valence-electron chi connectivity index (χ0n) is 23.2. The van der Waals surface area contributed by atoms with Crippen LogP contribution in [0.25, 0.3) is 0 Å². The monoisotopic (exact) mass is 548 g/mol. The van der Waals surface area contributed by atoms with Gasteiger partial charge in [0.15, 0.2) is 0 Å². The molecule has 0 spiro atoms. The van der Waals surface area contributed by atoms with Crippen LogP contribution in [0.3, 0.4) is 0 Å². The summed E-state index contributed by atoms with van der Waals surface area (Å²) in [4.78, 5) is 0. The minimum atomic E-state index is -3.53. The maximum atomic E-state index is 14.7. The van der Waals surface area contributed by atoms with Crippen LogP contribution >= 0.6 is 0 Å². The molecule has 4 rings (SSSR count). The number of unbranched alkanes of at least 4 members (excludes halogenated alkanes) is 2. The highest BCUT2D eigenvalue weighted by Crippen LogP contribution is 2.41. The highest BCUT2D eigenvalue weighted by Gasteiger charge is 2.35. The van der Waals surface area contributed by atoms with E-state index in [1.807, 2.05) is 0 Å². The number of halogens is 4. The van der Waals surface area contributed by atoms with E-state index in [-0.39, 0.29) is 17.1 Å². The summed E-state index contributed by atoms with van der Waals surface area (Å²) < 4.78 is 63.1. The third-order valence-electron chi connectivity index (χ3n) is 9.03. The molecule has 0 N–H and O–H groups in total. The molecule has 0 bridgehead atoms. The lowest BCUT2D eigenvalue weighted by Crippen LogP contribution is -2.22. The van der Waals surface area contributed by atoms with E-state index < -0.39 is 12.7 Å². The molecule has 6 heteroatoms. The highest BCUT2D eigenvalue weighted by molar-refractivity contribution is 5.33. The van der Waals surface area contributed by atoms with E-state index in [4.69, 9.17) is 4.74 Å². The van der Waals surface area contributed by atoms with Gasteiger partial charge in [-0.15, -0.1) is 0 Å². The van der Waals surface area contributed by atoms with Crippen molar-refractivity contribution in [1.82, 2.24) is 0 Å². The van der Waals surface area contributed by atoms with Crippen LogP contribution in [0.4, 0.5) is 17.6 Å². The Bertz CT molecular complexity index is 960. The molecule has 0 heterocycles. The molecule has 2 nitrogen and oxygen atoms in total. The van der Waals surface area contributed by atoms with E-state index in [0.29, 0.717) is 5.92 Å². The summed E-state index contributed by atoms with van der Waals surface area (Å²) in [6.07, 6.45) is 15.1. The van der Waals surface area contributed by atoms with Crippen molar-refractivity contribution in [3.63, 3.8) is 0 Å². The van der Waals surface area contributed by atoms with Gasteiger partial charge in [-0.25, -0.2) is 0 Å². The van der Waals surface area contributed by atoms with Crippen LogP contribution in [0.5, 0.6) is 11.5 Å². The summed E-state index contributed by atoms with van der Waals surface area (Å²) in [7, 11) is 0. The maximum absolute atomic E-state index is 14.7. The van der Waals surface area contributed by atoms with Gasteiger partial charge in [-0.1, -0.05) is 83.3 Å². The molecule has 0 unspecified atom stereocenters. The number of rotatable bonds is 13. The molecule has 2 aliphatic rings. The Morgan fingerprint density at radius 2 is 1.21 bits per heavy atom. The first-order chi connectivity index (χ1) is 18.8. The van der Waals surface area contributed by atoms with Gasteiger partial charge in [0, 0.05) is 0 Å². The van der Waals surface area contributed by atoms with E-state index in [0.717, 1.165) is 36.2 Å². The fourth-order valence-corrected chi connectivity index (χ4v) is 6.59. The molecule has 0 radical (unpaired) electrons. The normalized spacial score (nSPS) is 24.1. The van der Waals surface area contributed by atoms with Crippen molar-refractivity contribution in [1.29, 1.82) is 0 Å². The van der Waals surface area contributed by atoms with Crippen molar-refractivity contribution < 1.29 is 27.0 Å². The van der Waals surface area contributed by atoms with Crippen molar-refractivity contribution >= 4 is 0 Å². The minimum Gasteiger partial charge on any atom is -0.435 e. The van der Waals surface area contributed by atoms with Gasteiger partial charge in [0.2, 0.25) is 0 Å². The Labute approximate surface area is 231 Å². The second-order valence-corrected chi connectivity index (χ2v) is 11.8. The number of ether oxygens (including phenoxy) is 2. The van der Waals surface area contributed by atoms with E-state index in [9.17, 15) is 17.6 Å². The minimum absolute atomic E-state index is 0.111. The SMILES string of the molecule is CCCCCC1CCC(CCC2CCC(c3ccc(C(F)(F)Oc4ccc(OC(F)F)cc4)cc3)CC2)CC1. The lowest BCUT2D eigenvalue weighted by molar-refractivity contribution is -0.185. The topological polar surface area (TPSA) is 18.5 Å². The fraction of sp³-hybridized carbons (Fsp3) is 0.636. The Hall–Kier alpha value is -2.24. The molecular formula is C33H44F4O2. The average molecular weight is 549 g/mol. The van der Waals surface area contributed by atoms with Gasteiger partial charge >= 0.3 is 12.7 Å². The molecule has 2 aliphatic carbocycles. The van der Waals surface area contributed by atoms with Crippen molar-refractivity contribution in [2.45, 2.75) is 115 Å². The number of benzene rings is 2. The molecular weight excluding hydrogens is 504 g/mol. The molecule has 2 saturated carbocycles. The summed E-state index contributed by atoms with van der Waals surface area (Å²) in [5.41, 5.74) is 0.885. The number of alkyl halides is 4. The summed E-state index contributed by atoms with van der Waals surface area (Å²) >= 11 is 0. The molecule has 2 fully saturated rings. The van der Waals surface area contributed by atoms with Crippen molar-refractivity contribution in [2.24, 2.45) is 17.8 Å². The summed E-state index contributed by atoms with van der Waals surface area (Å²) in [5, 5.41) is 0. The molecule has 0 aliphatic heterocycles. The molecule has 39 heavy (non-hydrogen) atoms. The third-order valence-corrected chi connectivity index (χ3v) is 9.03. The van der Waals surface area contributed by atoms with E-state index >= 15 is 0 Å². The van der Waals surface area contributed by atoms with E-state index in [2.05, 4.69) is 11.7 Å². The molecule has 0 saturated heterocycles. The van der Waals surface area contributed by atoms with Crippen LogP contribution in [-0.4, -0.2) is 6.61 Å². The van der Waals surface area contributed by atoms with Gasteiger partial charge in [-0.05, 0) is 91.3 Å². The van der Waals surface area contributed by atoms with Gasteiger partial charge < -0.3 is 9.47 Å². The molecule has 0 atom stereocenters. The van der Waals surface area contributed by atoms with Gasteiger partial charge in [0.05, 0.1) is 5.56 Å². The maximum Gasteiger partial charge on any atom is 0.426 e. The predicted molar refractivity (Wildman–Crippen MR) is 148 cm³/mol. The van der Waals surface area contributed by atoms with E-state index in [1.165, 1.54) is 113 Å². The number of hydrogen-bond acceptors (Lipinski definition) is 2. The highest BCUT2D eigenvalue weighted by atomic mass is 19.3. The lowest BCUT2D eigenvalue weighted by atomic mass is 9.74. The summed E-state index contributed by atoms with van der Waals surface area (Å²) in [6, 6.07) is 11.2. The molecule has 216 valence electrons. The van der Waals surface area contributed by atoms with Crippen LogP contribution in [-0.2, 0) is 6.11 Å².